The van der Waals surface area contributed by atoms with Crippen molar-refractivity contribution in [1.29, 1.82) is 0 Å². The highest BCUT2D eigenvalue weighted by atomic mass is 16.5. The van der Waals surface area contributed by atoms with Crippen LogP contribution in [0.4, 0.5) is 0 Å². The van der Waals surface area contributed by atoms with Crippen LogP contribution in [-0.4, -0.2) is 26.4 Å². The first-order valence-electron chi connectivity index (χ1n) is 16.2. The highest BCUT2D eigenvalue weighted by molar-refractivity contribution is 5.38. The van der Waals surface area contributed by atoms with Crippen LogP contribution in [0.1, 0.15) is 88.5 Å². The number of allylic oxidation sites excluding steroid dienone is 20. The van der Waals surface area contributed by atoms with E-state index in [4.69, 9.17) is 9.47 Å². The fourth-order valence-electron chi connectivity index (χ4n) is 6.40. The van der Waals surface area contributed by atoms with Crippen molar-refractivity contribution in [2.75, 3.05) is 14.2 Å². The van der Waals surface area contributed by atoms with Crippen LogP contribution in [0.3, 0.4) is 0 Å². The van der Waals surface area contributed by atoms with Gasteiger partial charge in [0.25, 0.3) is 0 Å². The smallest absolute Gasteiger partial charge is 0.0760 e. The lowest BCUT2D eigenvalue weighted by molar-refractivity contribution is 0.0627. The van der Waals surface area contributed by atoms with E-state index in [1.54, 1.807) is 7.11 Å². The predicted octanol–water partition coefficient (Wildman–Crippen LogP) is 11.7. The van der Waals surface area contributed by atoms with Gasteiger partial charge in [0.05, 0.1) is 12.2 Å². The van der Waals surface area contributed by atoms with Gasteiger partial charge in [-0.3, -0.25) is 0 Å². The molecule has 2 rings (SSSR count). The fraction of sp³-hybridized carbons (Fsp3) is 0.476. The maximum absolute atomic E-state index is 5.65. The molecule has 2 aliphatic carbocycles. The minimum Gasteiger partial charge on any atom is -0.381 e. The molecule has 3 atom stereocenters. The second-order valence-electron chi connectivity index (χ2n) is 14.1. The number of hydrogen-bond donors (Lipinski definition) is 0. The molecule has 0 aromatic rings. The zero-order valence-electron chi connectivity index (χ0n) is 29.8. The van der Waals surface area contributed by atoms with Crippen LogP contribution in [0.2, 0.25) is 0 Å². The summed E-state index contributed by atoms with van der Waals surface area (Å²) in [4.78, 5) is 0. The topological polar surface area (TPSA) is 18.5 Å². The minimum absolute atomic E-state index is 0.134. The third-order valence-electron chi connectivity index (χ3n) is 8.94. The Morgan fingerprint density at radius 3 is 1.73 bits per heavy atom. The van der Waals surface area contributed by atoms with Gasteiger partial charge in [-0.15, -0.1) is 0 Å². The summed E-state index contributed by atoms with van der Waals surface area (Å²) in [5.41, 5.74) is 9.50. The van der Waals surface area contributed by atoms with Crippen LogP contribution >= 0.6 is 0 Å². The second kappa shape index (κ2) is 17.5. The van der Waals surface area contributed by atoms with Crippen molar-refractivity contribution >= 4 is 0 Å². The largest absolute Gasteiger partial charge is 0.381 e. The SMILES string of the molecule is COC1C=C(C)C(C=CC(C)=CC=CC(C)=CC=CC=C(C)C=CC=C(C)C=CC2=C(C)CC(OC)CC2(C)C)C(C)(C)C1. The molecule has 2 nitrogen and oxygen atoms in total. The zero-order chi connectivity index (χ0) is 32.9. The first kappa shape index (κ1) is 37.2. The normalized spacial score (nSPS) is 25.9. The summed E-state index contributed by atoms with van der Waals surface area (Å²) in [6, 6.07) is 0. The first-order valence-corrected chi connectivity index (χ1v) is 16.2. The second-order valence-corrected chi connectivity index (χ2v) is 14.1. The molecule has 44 heavy (non-hydrogen) atoms. The molecule has 0 radical (unpaired) electrons. The maximum atomic E-state index is 5.65. The van der Waals surface area contributed by atoms with Crippen molar-refractivity contribution in [3.05, 3.63) is 130 Å². The van der Waals surface area contributed by atoms with E-state index in [1.807, 2.05) is 7.11 Å². The Morgan fingerprint density at radius 1 is 0.705 bits per heavy atom. The summed E-state index contributed by atoms with van der Waals surface area (Å²) in [6.07, 6.45) is 36.5. The molecule has 0 N–H and O–H groups in total. The van der Waals surface area contributed by atoms with Gasteiger partial charge in [0.15, 0.2) is 0 Å². The predicted molar refractivity (Wildman–Crippen MR) is 194 cm³/mol. The van der Waals surface area contributed by atoms with Crippen LogP contribution < -0.4 is 0 Å². The average Bonchev–Trinajstić information content (AvgIpc) is 2.93. The number of hydrogen-bond acceptors (Lipinski definition) is 2. The van der Waals surface area contributed by atoms with Gasteiger partial charge < -0.3 is 9.47 Å². The molecule has 0 aliphatic heterocycles. The van der Waals surface area contributed by atoms with E-state index in [0.29, 0.717) is 12.0 Å². The molecule has 0 heterocycles. The lowest BCUT2D eigenvalue weighted by Crippen LogP contribution is -2.33. The summed E-state index contributed by atoms with van der Waals surface area (Å²) in [5, 5.41) is 0. The van der Waals surface area contributed by atoms with E-state index in [1.165, 1.54) is 39.0 Å². The van der Waals surface area contributed by atoms with Crippen LogP contribution in [0.25, 0.3) is 0 Å². The first-order chi connectivity index (χ1) is 20.7. The van der Waals surface area contributed by atoms with Crippen molar-refractivity contribution in [2.24, 2.45) is 16.7 Å². The highest BCUT2D eigenvalue weighted by Gasteiger charge is 2.35. The molecule has 240 valence electrons. The summed E-state index contributed by atoms with van der Waals surface area (Å²) in [5.74, 6) is 0.433. The van der Waals surface area contributed by atoms with E-state index in [9.17, 15) is 0 Å². The monoisotopic (exact) mass is 596 g/mol. The van der Waals surface area contributed by atoms with Gasteiger partial charge in [-0.1, -0.05) is 152 Å². The van der Waals surface area contributed by atoms with E-state index in [0.717, 1.165) is 19.3 Å². The molecule has 0 fully saturated rings. The van der Waals surface area contributed by atoms with Gasteiger partial charge in [0.1, 0.15) is 0 Å². The molecule has 0 aromatic carbocycles. The molecule has 2 aliphatic rings. The van der Waals surface area contributed by atoms with Crippen molar-refractivity contribution in [3.8, 4) is 0 Å². The standard InChI is InChI=1S/C42H60O2/c1-31(19-15-21-33(3)23-25-39-35(5)27-37(43-11)29-41(39,7)8)17-13-14-18-32(2)20-16-22-34(4)24-26-40-36(6)28-38(44-12)30-42(40,9)10/h13-27,37-39H,28-30H2,1-12H3. The van der Waals surface area contributed by atoms with Crippen molar-refractivity contribution in [3.63, 3.8) is 0 Å². The van der Waals surface area contributed by atoms with E-state index in [2.05, 4.69) is 160 Å². The molecule has 0 spiro atoms. The van der Waals surface area contributed by atoms with Gasteiger partial charge >= 0.3 is 0 Å². The Labute approximate surface area is 270 Å². The van der Waals surface area contributed by atoms with Gasteiger partial charge in [-0.05, 0) is 77.2 Å². The molecule has 3 unspecified atom stereocenters. The van der Waals surface area contributed by atoms with Gasteiger partial charge in [0, 0.05) is 20.1 Å². The van der Waals surface area contributed by atoms with Gasteiger partial charge in [-0.2, -0.15) is 0 Å². The molecule has 0 bridgehead atoms. The van der Waals surface area contributed by atoms with E-state index < -0.39 is 0 Å². The summed E-state index contributed by atoms with van der Waals surface area (Å²) in [6.45, 7) is 22.4. The molecule has 0 saturated heterocycles. The van der Waals surface area contributed by atoms with Crippen LogP contribution in [0, 0.1) is 16.7 Å². The van der Waals surface area contributed by atoms with Gasteiger partial charge in [-0.25, -0.2) is 0 Å². The molecule has 2 heteroatoms. The Bertz CT molecular complexity index is 1310. The summed E-state index contributed by atoms with van der Waals surface area (Å²) >= 11 is 0. The van der Waals surface area contributed by atoms with Crippen LogP contribution in [0.5, 0.6) is 0 Å². The van der Waals surface area contributed by atoms with E-state index >= 15 is 0 Å². The molecular formula is C42H60O2. The molecular weight excluding hydrogens is 536 g/mol. The Balaban J connectivity index is 1.90. The van der Waals surface area contributed by atoms with Crippen LogP contribution in [0.15, 0.2) is 130 Å². The zero-order valence-corrected chi connectivity index (χ0v) is 29.8. The minimum atomic E-state index is 0.134. The third kappa shape index (κ3) is 12.2. The Hall–Kier alpha value is -2.94. The number of methoxy groups -OCH3 is 2. The van der Waals surface area contributed by atoms with Crippen LogP contribution in [-0.2, 0) is 9.47 Å². The average molecular weight is 597 g/mol. The number of ether oxygens (including phenoxy) is 2. The molecule has 0 amide bonds. The Kier molecular flexibility index (Phi) is 14.8. The lowest BCUT2D eigenvalue weighted by Gasteiger charge is -2.39. The maximum Gasteiger partial charge on any atom is 0.0760 e. The quantitative estimate of drug-likeness (QED) is 0.165. The van der Waals surface area contributed by atoms with Crippen molar-refractivity contribution in [2.45, 2.75) is 101 Å². The van der Waals surface area contributed by atoms with Gasteiger partial charge in [0.2, 0.25) is 0 Å². The molecule has 0 aromatic heterocycles. The fourth-order valence-corrected chi connectivity index (χ4v) is 6.40. The van der Waals surface area contributed by atoms with Crippen molar-refractivity contribution in [1.82, 2.24) is 0 Å². The third-order valence-corrected chi connectivity index (χ3v) is 8.94. The summed E-state index contributed by atoms with van der Waals surface area (Å²) < 4.78 is 11.3. The van der Waals surface area contributed by atoms with Crippen molar-refractivity contribution < 1.29 is 9.47 Å². The molecule has 0 saturated carbocycles. The lowest BCUT2D eigenvalue weighted by atomic mass is 9.67. The highest BCUT2D eigenvalue weighted by Crippen LogP contribution is 2.43. The summed E-state index contributed by atoms with van der Waals surface area (Å²) in [7, 11) is 3.63. The van der Waals surface area contributed by atoms with E-state index in [-0.39, 0.29) is 16.9 Å². The Morgan fingerprint density at radius 2 is 1.23 bits per heavy atom. The number of rotatable bonds is 12.